The zero-order valence-corrected chi connectivity index (χ0v) is 14.1. The second kappa shape index (κ2) is 5.51. The molecule has 0 spiro atoms. The number of benzene rings is 1. The number of aromatic nitrogens is 1. The molecule has 0 saturated carbocycles. The highest BCUT2D eigenvalue weighted by atomic mass is 32.1. The fourth-order valence-corrected chi connectivity index (χ4v) is 4.28. The number of H-pyrrole nitrogens is 1. The van der Waals surface area contributed by atoms with Crippen molar-refractivity contribution < 1.29 is 4.79 Å². The zero-order valence-electron chi connectivity index (χ0n) is 13.3. The predicted molar refractivity (Wildman–Crippen MR) is 95.3 cm³/mol. The molecule has 4 rings (SSSR count). The molecule has 1 aliphatic rings. The minimum atomic E-state index is -0.0129. The number of hydrogen-bond donors (Lipinski definition) is 2. The van der Waals surface area contributed by atoms with Gasteiger partial charge in [0.15, 0.2) is 0 Å². The van der Waals surface area contributed by atoms with Crippen LogP contribution in [0.5, 0.6) is 0 Å². The minimum absolute atomic E-state index is 0.0129. The number of thiophene rings is 1. The molecule has 0 unspecified atom stereocenters. The smallest absolute Gasteiger partial charge is 0.265 e. The van der Waals surface area contributed by atoms with Crippen molar-refractivity contribution in [1.82, 2.24) is 9.88 Å². The first-order valence-corrected chi connectivity index (χ1v) is 8.61. The molecule has 3 heterocycles. The molecule has 0 atom stereocenters. The summed E-state index contributed by atoms with van der Waals surface area (Å²) in [4.78, 5) is 20.2. The van der Waals surface area contributed by atoms with Crippen LogP contribution in [-0.4, -0.2) is 29.4 Å². The molecule has 23 heavy (non-hydrogen) atoms. The maximum Gasteiger partial charge on any atom is 0.265 e. The Morgan fingerprint density at radius 3 is 3.09 bits per heavy atom. The van der Waals surface area contributed by atoms with E-state index in [1.165, 1.54) is 10.4 Å². The summed E-state index contributed by atoms with van der Waals surface area (Å²) in [6, 6.07) is 8.20. The first-order chi connectivity index (χ1) is 11.1. The third kappa shape index (κ3) is 2.66. The standard InChI is InChI=1S/C18H19N3OS/c1-11-7-12-3-5-19-15(12)9-14(11)20-18(22)16-8-13-4-6-21(2)10-17(13)23-16/h3,5,7-9,19H,4,6,10H2,1-2H3,(H,20,22). The lowest BCUT2D eigenvalue weighted by Crippen LogP contribution is -2.24. The molecular formula is C18H19N3OS. The van der Waals surface area contributed by atoms with Crippen molar-refractivity contribution in [3.8, 4) is 0 Å². The fourth-order valence-electron chi connectivity index (χ4n) is 3.09. The van der Waals surface area contributed by atoms with Crippen molar-refractivity contribution in [2.45, 2.75) is 19.9 Å². The topological polar surface area (TPSA) is 48.1 Å². The van der Waals surface area contributed by atoms with Gasteiger partial charge in [0.1, 0.15) is 0 Å². The second-order valence-corrected chi connectivity index (χ2v) is 7.37. The lowest BCUT2D eigenvalue weighted by molar-refractivity contribution is 0.103. The normalized spacial score (nSPS) is 14.9. The van der Waals surface area contributed by atoms with Crippen LogP contribution >= 0.6 is 11.3 Å². The molecule has 1 aromatic carbocycles. The summed E-state index contributed by atoms with van der Waals surface area (Å²) < 4.78 is 0. The highest BCUT2D eigenvalue weighted by Crippen LogP contribution is 2.29. The number of likely N-dealkylation sites (N-methyl/N-ethyl adjacent to an activating group) is 1. The zero-order chi connectivity index (χ0) is 16.0. The molecule has 0 radical (unpaired) electrons. The van der Waals surface area contributed by atoms with E-state index in [1.807, 2.05) is 25.3 Å². The quantitative estimate of drug-likeness (QED) is 0.753. The molecular weight excluding hydrogens is 306 g/mol. The van der Waals surface area contributed by atoms with Gasteiger partial charge in [-0.1, -0.05) is 0 Å². The van der Waals surface area contributed by atoms with Gasteiger partial charge < -0.3 is 15.2 Å². The maximum atomic E-state index is 12.6. The van der Waals surface area contributed by atoms with Crippen LogP contribution in [0.2, 0.25) is 0 Å². The van der Waals surface area contributed by atoms with E-state index in [9.17, 15) is 4.79 Å². The van der Waals surface area contributed by atoms with Crippen LogP contribution in [0, 0.1) is 6.92 Å². The number of nitrogens with one attached hydrogen (secondary N) is 2. The number of aromatic amines is 1. The Morgan fingerprint density at radius 1 is 1.35 bits per heavy atom. The van der Waals surface area contributed by atoms with E-state index in [4.69, 9.17) is 0 Å². The van der Waals surface area contributed by atoms with Gasteiger partial charge in [0.2, 0.25) is 0 Å². The summed E-state index contributed by atoms with van der Waals surface area (Å²) in [7, 11) is 2.12. The molecule has 2 aromatic heterocycles. The lowest BCUT2D eigenvalue weighted by atomic mass is 10.1. The van der Waals surface area contributed by atoms with Gasteiger partial charge in [-0.3, -0.25) is 4.79 Å². The van der Waals surface area contributed by atoms with Crippen molar-refractivity contribution in [2.75, 3.05) is 18.9 Å². The number of nitrogens with zero attached hydrogens (tertiary/aromatic N) is 1. The molecule has 2 N–H and O–H groups in total. The largest absolute Gasteiger partial charge is 0.361 e. The van der Waals surface area contributed by atoms with Crippen molar-refractivity contribution in [3.63, 3.8) is 0 Å². The van der Waals surface area contributed by atoms with E-state index < -0.39 is 0 Å². The number of fused-ring (bicyclic) bond motifs is 2. The molecule has 1 amide bonds. The summed E-state index contributed by atoms with van der Waals surface area (Å²) in [5, 5.41) is 4.23. The summed E-state index contributed by atoms with van der Waals surface area (Å²) >= 11 is 1.62. The van der Waals surface area contributed by atoms with Crippen LogP contribution in [0.15, 0.2) is 30.5 Å². The second-order valence-electron chi connectivity index (χ2n) is 6.23. The third-order valence-electron chi connectivity index (χ3n) is 4.44. The van der Waals surface area contributed by atoms with Crippen molar-refractivity contribution in [3.05, 3.63) is 51.3 Å². The highest BCUT2D eigenvalue weighted by Gasteiger charge is 2.20. The number of rotatable bonds is 2. The van der Waals surface area contributed by atoms with E-state index >= 15 is 0 Å². The average molecular weight is 325 g/mol. The van der Waals surface area contributed by atoms with Crippen molar-refractivity contribution in [2.24, 2.45) is 0 Å². The lowest BCUT2D eigenvalue weighted by Gasteiger charge is -2.21. The molecule has 118 valence electrons. The van der Waals surface area contributed by atoms with Crippen LogP contribution in [0.1, 0.15) is 25.7 Å². The highest BCUT2D eigenvalue weighted by molar-refractivity contribution is 7.14. The first-order valence-electron chi connectivity index (χ1n) is 7.79. The molecule has 1 aliphatic heterocycles. The molecule has 4 nitrogen and oxygen atoms in total. The number of carbonyl (C=O) groups is 1. The Labute approximate surface area is 139 Å². The summed E-state index contributed by atoms with van der Waals surface area (Å²) in [5.74, 6) is -0.0129. The van der Waals surface area contributed by atoms with Crippen molar-refractivity contribution in [1.29, 1.82) is 0 Å². The Morgan fingerprint density at radius 2 is 2.22 bits per heavy atom. The van der Waals surface area contributed by atoms with Gasteiger partial charge in [-0.15, -0.1) is 11.3 Å². The number of anilines is 1. The third-order valence-corrected chi connectivity index (χ3v) is 5.60. The van der Waals surface area contributed by atoms with Crippen LogP contribution in [0.25, 0.3) is 10.9 Å². The molecule has 3 aromatic rings. The maximum absolute atomic E-state index is 12.6. The van der Waals surface area contributed by atoms with Crippen molar-refractivity contribution >= 4 is 33.8 Å². The Kier molecular flexibility index (Phi) is 3.47. The van der Waals surface area contributed by atoms with Gasteiger partial charge in [0.25, 0.3) is 5.91 Å². The SMILES string of the molecule is Cc1cc2cc[nH]c2cc1NC(=O)c1cc2c(s1)CN(C)CC2. The fraction of sp³-hybridized carbons (Fsp3) is 0.278. The Bertz CT molecular complexity index is 893. The Hall–Kier alpha value is -2.11. The van der Waals surface area contributed by atoms with Crippen LogP contribution < -0.4 is 5.32 Å². The molecule has 0 fully saturated rings. The van der Waals surface area contributed by atoms with E-state index in [-0.39, 0.29) is 5.91 Å². The first kappa shape index (κ1) is 14.5. The molecule has 0 saturated heterocycles. The summed E-state index contributed by atoms with van der Waals surface area (Å²) in [6.07, 6.45) is 2.95. The van der Waals surface area contributed by atoms with Gasteiger partial charge in [-0.05, 0) is 61.2 Å². The molecule has 0 bridgehead atoms. The number of amides is 1. The summed E-state index contributed by atoms with van der Waals surface area (Å²) in [5.41, 5.74) is 4.31. The van der Waals surface area contributed by atoms with Gasteiger partial charge in [0, 0.05) is 35.4 Å². The number of carbonyl (C=O) groups excluding carboxylic acids is 1. The van der Waals surface area contributed by atoms with E-state index in [0.29, 0.717) is 0 Å². The monoisotopic (exact) mass is 325 g/mol. The van der Waals surface area contributed by atoms with Crippen LogP contribution in [-0.2, 0) is 13.0 Å². The minimum Gasteiger partial charge on any atom is -0.361 e. The average Bonchev–Trinajstić information content (AvgIpc) is 3.13. The van der Waals surface area contributed by atoms with E-state index in [2.05, 4.69) is 34.4 Å². The number of hydrogen-bond acceptors (Lipinski definition) is 3. The molecule has 0 aliphatic carbocycles. The predicted octanol–water partition coefficient (Wildman–Crippen LogP) is 3.78. The Balaban J connectivity index is 1.60. The van der Waals surface area contributed by atoms with Gasteiger partial charge >= 0.3 is 0 Å². The van der Waals surface area contributed by atoms with Crippen LogP contribution in [0.4, 0.5) is 5.69 Å². The molecule has 5 heteroatoms. The van der Waals surface area contributed by atoms with Gasteiger partial charge in [0.05, 0.1) is 4.88 Å². The van der Waals surface area contributed by atoms with Gasteiger partial charge in [-0.2, -0.15) is 0 Å². The van der Waals surface area contributed by atoms with Crippen LogP contribution in [0.3, 0.4) is 0 Å². The van der Waals surface area contributed by atoms with E-state index in [0.717, 1.165) is 46.5 Å². The summed E-state index contributed by atoms with van der Waals surface area (Å²) in [6.45, 7) is 4.03. The van der Waals surface area contributed by atoms with E-state index in [1.54, 1.807) is 11.3 Å². The van der Waals surface area contributed by atoms with Gasteiger partial charge in [-0.25, -0.2) is 0 Å². The number of aryl methyl sites for hydroxylation is 1.